The molecule has 0 amide bonds. The van der Waals surface area contributed by atoms with Gasteiger partial charge in [-0.1, -0.05) is 25.1 Å². The third-order valence-corrected chi connectivity index (χ3v) is 3.63. The fourth-order valence-corrected chi connectivity index (χ4v) is 2.43. The number of nitrogens with zero attached hydrogens (tertiary/aromatic N) is 2. The fraction of sp³-hybridized carbons (Fsp3) is 0.800. The van der Waals surface area contributed by atoms with Gasteiger partial charge in [-0.05, 0) is 25.2 Å². The Morgan fingerprint density at radius 1 is 1.43 bits per heavy atom. The third-order valence-electron chi connectivity index (χ3n) is 2.58. The molecule has 0 aromatic carbocycles. The normalized spacial score (nSPS) is 16.9. The highest BCUT2D eigenvalue weighted by Gasteiger charge is 2.18. The van der Waals surface area contributed by atoms with Crippen LogP contribution in [0.2, 0.25) is 0 Å². The van der Waals surface area contributed by atoms with Gasteiger partial charge in [0.05, 0.1) is 0 Å². The van der Waals surface area contributed by atoms with E-state index >= 15 is 0 Å². The molecule has 0 unspecified atom stereocenters. The molecule has 1 aromatic heterocycles. The lowest BCUT2D eigenvalue weighted by atomic mass is 9.87. The molecule has 1 heterocycles. The number of rotatable bonds is 5. The Morgan fingerprint density at radius 2 is 2.29 bits per heavy atom. The number of thioether (sulfide) groups is 1. The summed E-state index contributed by atoms with van der Waals surface area (Å²) >= 11 is 1.71. The monoisotopic (exact) mass is 212 g/mol. The molecule has 1 fully saturated rings. The summed E-state index contributed by atoms with van der Waals surface area (Å²) < 4.78 is 5.48. The number of aryl methyl sites for hydroxylation is 1. The van der Waals surface area contributed by atoms with Gasteiger partial charge in [0.15, 0.2) is 0 Å². The van der Waals surface area contributed by atoms with E-state index in [9.17, 15) is 0 Å². The van der Waals surface area contributed by atoms with Crippen molar-refractivity contribution in [2.45, 2.75) is 44.3 Å². The molecule has 4 heteroatoms. The van der Waals surface area contributed by atoms with Crippen molar-refractivity contribution in [1.29, 1.82) is 0 Å². The Balaban J connectivity index is 1.77. The van der Waals surface area contributed by atoms with E-state index in [1.165, 1.54) is 19.3 Å². The number of aromatic nitrogens is 2. The lowest BCUT2D eigenvalue weighted by Crippen LogP contribution is -2.13. The van der Waals surface area contributed by atoms with E-state index in [1.54, 1.807) is 11.8 Å². The SMILES string of the molecule is CCCc1nnc(SCC2CCC2)o1. The highest BCUT2D eigenvalue weighted by atomic mass is 32.2. The van der Waals surface area contributed by atoms with Crippen LogP contribution in [0.1, 0.15) is 38.5 Å². The quantitative estimate of drug-likeness (QED) is 0.703. The molecule has 0 saturated heterocycles. The number of hydrogen-bond donors (Lipinski definition) is 0. The molecule has 14 heavy (non-hydrogen) atoms. The average Bonchev–Trinajstić information content (AvgIpc) is 2.51. The summed E-state index contributed by atoms with van der Waals surface area (Å²) in [4.78, 5) is 0. The van der Waals surface area contributed by atoms with Gasteiger partial charge in [-0.25, -0.2) is 0 Å². The van der Waals surface area contributed by atoms with Crippen molar-refractivity contribution in [3.63, 3.8) is 0 Å². The van der Waals surface area contributed by atoms with Crippen LogP contribution >= 0.6 is 11.8 Å². The molecule has 0 spiro atoms. The van der Waals surface area contributed by atoms with E-state index in [0.29, 0.717) is 0 Å². The average molecular weight is 212 g/mol. The van der Waals surface area contributed by atoms with Gasteiger partial charge in [-0.3, -0.25) is 0 Å². The van der Waals surface area contributed by atoms with Gasteiger partial charge in [0.2, 0.25) is 5.89 Å². The summed E-state index contributed by atoms with van der Waals surface area (Å²) in [6.07, 6.45) is 6.12. The molecular weight excluding hydrogens is 196 g/mol. The van der Waals surface area contributed by atoms with Crippen LogP contribution < -0.4 is 0 Å². The van der Waals surface area contributed by atoms with E-state index in [1.807, 2.05) is 0 Å². The van der Waals surface area contributed by atoms with Gasteiger partial charge in [0.1, 0.15) is 0 Å². The lowest BCUT2D eigenvalue weighted by molar-refractivity contribution is 0.350. The first-order chi connectivity index (χ1) is 6.88. The van der Waals surface area contributed by atoms with Crippen LogP contribution in [-0.2, 0) is 6.42 Å². The fourth-order valence-electron chi connectivity index (χ4n) is 1.46. The van der Waals surface area contributed by atoms with Crippen molar-refractivity contribution in [3.05, 3.63) is 5.89 Å². The second kappa shape index (κ2) is 4.82. The Bertz CT molecular complexity index is 283. The Hall–Kier alpha value is -0.510. The first-order valence-electron chi connectivity index (χ1n) is 5.33. The lowest BCUT2D eigenvalue weighted by Gasteiger charge is -2.23. The molecule has 2 rings (SSSR count). The summed E-state index contributed by atoms with van der Waals surface area (Å²) in [5.74, 6) is 2.82. The number of hydrogen-bond acceptors (Lipinski definition) is 4. The standard InChI is InChI=1S/C10H16N2OS/c1-2-4-9-11-12-10(13-9)14-7-8-5-3-6-8/h8H,2-7H2,1H3. The van der Waals surface area contributed by atoms with Crippen molar-refractivity contribution in [3.8, 4) is 0 Å². The molecule has 0 bridgehead atoms. The summed E-state index contributed by atoms with van der Waals surface area (Å²) in [5, 5.41) is 8.75. The molecule has 0 aliphatic heterocycles. The molecule has 0 N–H and O–H groups in total. The van der Waals surface area contributed by atoms with Crippen LogP contribution in [0.5, 0.6) is 0 Å². The van der Waals surface area contributed by atoms with E-state index in [2.05, 4.69) is 17.1 Å². The maximum absolute atomic E-state index is 5.48. The highest BCUT2D eigenvalue weighted by molar-refractivity contribution is 7.99. The first-order valence-corrected chi connectivity index (χ1v) is 6.32. The zero-order valence-electron chi connectivity index (χ0n) is 8.53. The first kappa shape index (κ1) is 10.0. The highest BCUT2D eigenvalue weighted by Crippen LogP contribution is 2.31. The van der Waals surface area contributed by atoms with Crippen LogP contribution in [0.15, 0.2) is 9.64 Å². The van der Waals surface area contributed by atoms with Gasteiger partial charge in [0, 0.05) is 12.2 Å². The van der Waals surface area contributed by atoms with Crippen molar-refractivity contribution >= 4 is 11.8 Å². The predicted molar refractivity (Wildman–Crippen MR) is 56.4 cm³/mol. The van der Waals surface area contributed by atoms with Crippen LogP contribution in [0.25, 0.3) is 0 Å². The Labute approximate surface area is 88.7 Å². The van der Waals surface area contributed by atoms with Crippen LogP contribution in [0.3, 0.4) is 0 Å². The van der Waals surface area contributed by atoms with Gasteiger partial charge in [-0.2, -0.15) is 0 Å². The Kier molecular flexibility index (Phi) is 3.45. The van der Waals surface area contributed by atoms with Gasteiger partial charge in [0.25, 0.3) is 5.22 Å². The van der Waals surface area contributed by atoms with E-state index in [4.69, 9.17) is 4.42 Å². The maximum atomic E-state index is 5.48. The van der Waals surface area contributed by atoms with E-state index in [0.717, 1.165) is 35.6 Å². The van der Waals surface area contributed by atoms with Crippen LogP contribution in [0.4, 0.5) is 0 Å². The van der Waals surface area contributed by atoms with Gasteiger partial charge >= 0.3 is 0 Å². The zero-order valence-corrected chi connectivity index (χ0v) is 9.35. The van der Waals surface area contributed by atoms with Crippen molar-refractivity contribution in [2.24, 2.45) is 5.92 Å². The predicted octanol–water partition coefficient (Wildman–Crippen LogP) is 2.91. The minimum atomic E-state index is 0.750. The molecule has 0 atom stereocenters. The summed E-state index contributed by atoms with van der Waals surface area (Å²) in [7, 11) is 0. The molecule has 1 aliphatic carbocycles. The summed E-state index contributed by atoms with van der Waals surface area (Å²) in [5.41, 5.74) is 0. The topological polar surface area (TPSA) is 38.9 Å². The van der Waals surface area contributed by atoms with Crippen molar-refractivity contribution < 1.29 is 4.42 Å². The molecule has 1 aliphatic rings. The molecule has 78 valence electrons. The van der Waals surface area contributed by atoms with E-state index in [-0.39, 0.29) is 0 Å². The smallest absolute Gasteiger partial charge is 0.276 e. The molecule has 1 aromatic rings. The van der Waals surface area contributed by atoms with Gasteiger partial charge < -0.3 is 4.42 Å². The zero-order chi connectivity index (χ0) is 9.80. The minimum absolute atomic E-state index is 0.750. The molecule has 1 saturated carbocycles. The second-order valence-electron chi connectivity index (χ2n) is 3.82. The minimum Gasteiger partial charge on any atom is -0.416 e. The second-order valence-corrected chi connectivity index (χ2v) is 4.79. The molecular formula is C10H16N2OS. The third kappa shape index (κ3) is 2.50. The van der Waals surface area contributed by atoms with Gasteiger partial charge in [-0.15, -0.1) is 10.2 Å². The maximum Gasteiger partial charge on any atom is 0.276 e. The van der Waals surface area contributed by atoms with Crippen LogP contribution in [0, 0.1) is 5.92 Å². The molecule has 0 radical (unpaired) electrons. The summed E-state index contributed by atoms with van der Waals surface area (Å²) in [6, 6.07) is 0. The van der Waals surface area contributed by atoms with Crippen molar-refractivity contribution in [2.75, 3.05) is 5.75 Å². The van der Waals surface area contributed by atoms with Crippen molar-refractivity contribution in [1.82, 2.24) is 10.2 Å². The van der Waals surface area contributed by atoms with E-state index < -0.39 is 0 Å². The molecule has 3 nitrogen and oxygen atoms in total. The Morgan fingerprint density at radius 3 is 2.93 bits per heavy atom. The summed E-state index contributed by atoms with van der Waals surface area (Å²) in [6.45, 7) is 2.12. The largest absolute Gasteiger partial charge is 0.416 e. The van der Waals surface area contributed by atoms with Crippen LogP contribution in [-0.4, -0.2) is 16.0 Å².